The quantitative estimate of drug-likeness (QED) is 0.113. The molecule has 4 atom stereocenters. The molecule has 29 heteroatoms. The predicted octanol–water partition coefficient (Wildman–Crippen LogP) is 1.91. The molecule has 0 bridgehead atoms. The van der Waals surface area contributed by atoms with Crippen LogP contribution < -0.4 is 9.80 Å². The third-order valence-corrected chi connectivity index (χ3v) is 14.7. The van der Waals surface area contributed by atoms with Crippen molar-refractivity contribution in [3.05, 3.63) is 71.0 Å². The standard InChI is InChI=1S/C29H36Cl2N6O13P4.4H2O/c30-21-1-3-23-25(19-21)32-8-5-27(23)35-13-11-34(12-14-35)10-7-29(47-52(41,42)49-54(45,46)50-53(43,44)48-51(38,39)40)37-17-15-36(16-18-37)28-6-9-33-26-20-22(31)2-4-24(26)28;;;;/h1-6,8-9,19-20,29H,7,10-18H2,(H,41,42)(H,43,44)(H,45,46)(H2,38,39,40);4*1H2. The fraction of sp³-hybridized carbons (Fsp3) is 0.379. The molecule has 0 spiro atoms. The third-order valence-electron chi connectivity index (χ3n) is 8.71. The highest BCUT2D eigenvalue weighted by Gasteiger charge is 2.46. The van der Waals surface area contributed by atoms with Gasteiger partial charge in [0.05, 0.1) is 11.0 Å². The molecule has 0 amide bonds. The van der Waals surface area contributed by atoms with E-state index in [1.165, 1.54) is 0 Å². The van der Waals surface area contributed by atoms with Gasteiger partial charge in [-0.05, 0) is 48.5 Å². The number of hydrogen-bond acceptors (Lipinski definition) is 14. The molecule has 4 heterocycles. The van der Waals surface area contributed by atoms with Crippen LogP contribution in [0.15, 0.2) is 60.9 Å². The molecular weight excluding hydrogens is 899 g/mol. The molecule has 0 aliphatic carbocycles. The van der Waals surface area contributed by atoms with Gasteiger partial charge in [0.1, 0.15) is 6.23 Å². The number of benzene rings is 2. The predicted molar refractivity (Wildman–Crippen MR) is 215 cm³/mol. The average Bonchev–Trinajstić information content (AvgIpc) is 3.07. The molecule has 0 saturated carbocycles. The summed E-state index contributed by atoms with van der Waals surface area (Å²) < 4.78 is 65.4. The van der Waals surface area contributed by atoms with Gasteiger partial charge in [0.2, 0.25) is 0 Å². The van der Waals surface area contributed by atoms with Crippen LogP contribution in [0.1, 0.15) is 6.42 Å². The Bertz CT molecular complexity index is 2200. The van der Waals surface area contributed by atoms with Crippen LogP contribution in [-0.2, 0) is 35.7 Å². The number of phosphoric ester groups is 1. The second-order valence-electron chi connectivity index (χ2n) is 12.3. The van der Waals surface area contributed by atoms with Crippen molar-refractivity contribution in [2.45, 2.75) is 12.6 Å². The lowest BCUT2D eigenvalue weighted by atomic mass is 10.1. The van der Waals surface area contributed by atoms with Crippen molar-refractivity contribution in [2.24, 2.45) is 0 Å². The summed E-state index contributed by atoms with van der Waals surface area (Å²) in [6, 6.07) is 14.7. The van der Waals surface area contributed by atoms with Gasteiger partial charge in [0, 0.05) is 110 Å². The number of pyridine rings is 2. The first kappa shape index (κ1) is 51.9. The normalized spacial score (nSPS) is 19.0. The summed E-state index contributed by atoms with van der Waals surface area (Å²) in [5, 5.41) is 2.96. The van der Waals surface area contributed by atoms with Crippen LogP contribution in [-0.4, -0.2) is 131 Å². The largest absolute Gasteiger partial charge is 0.490 e. The number of halogens is 2. The highest BCUT2D eigenvalue weighted by atomic mass is 35.5. The van der Waals surface area contributed by atoms with Gasteiger partial charge in [-0.15, -0.1) is 0 Å². The van der Waals surface area contributed by atoms with Gasteiger partial charge in [0.15, 0.2) is 0 Å². The summed E-state index contributed by atoms with van der Waals surface area (Å²) >= 11 is 12.3. The molecule has 2 aliphatic rings. The number of hydrogen-bond donors (Lipinski definition) is 5. The SMILES string of the molecule is O.O.O.O.O=P(O)(O)OP(=O)(O)OP(=O)(O)OP(=O)(O)OC(CCN1CCN(c2ccnc3cc(Cl)ccc23)CC1)N1CCN(c2ccnc3cc(Cl)ccc23)CC1. The van der Waals surface area contributed by atoms with E-state index in [4.69, 9.17) is 37.5 Å². The van der Waals surface area contributed by atoms with Gasteiger partial charge in [-0.2, -0.15) is 12.9 Å². The number of nitrogens with zero attached hydrogens (tertiary/aromatic N) is 6. The van der Waals surface area contributed by atoms with Crippen molar-refractivity contribution in [1.82, 2.24) is 19.8 Å². The minimum Gasteiger partial charge on any atom is -0.412 e. The van der Waals surface area contributed by atoms with Crippen LogP contribution in [0.2, 0.25) is 10.0 Å². The van der Waals surface area contributed by atoms with E-state index in [9.17, 15) is 32.9 Å². The maximum Gasteiger partial charge on any atom is 0.490 e. The topological polar surface area (TPSA) is 371 Å². The lowest BCUT2D eigenvalue weighted by Crippen LogP contribution is -2.52. The molecule has 4 aromatic rings. The molecule has 2 aromatic heterocycles. The third kappa shape index (κ3) is 13.9. The van der Waals surface area contributed by atoms with E-state index < -0.39 is 37.5 Å². The smallest absolute Gasteiger partial charge is 0.412 e. The molecule has 23 nitrogen and oxygen atoms in total. The maximum atomic E-state index is 13.1. The van der Waals surface area contributed by atoms with Gasteiger partial charge >= 0.3 is 31.3 Å². The summed E-state index contributed by atoms with van der Waals surface area (Å²) in [7, 11) is -23.2. The Morgan fingerprint density at radius 1 is 0.603 bits per heavy atom. The molecule has 326 valence electrons. The molecule has 2 saturated heterocycles. The lowest BCUT2D eigenvalue weighted by molar-refractivity contribution is -0.0112. The number of rotatable bonds is 14. The average molecular weight is 943 g/mol. The van der Waals surface area contributed by atoms with E-state index in [1.807, 2.05) is 30.3 Å². The highest BCUT2D eigenvalue weighted by molar-refractivity contribution is 7.69. The molecule has 6 rings (SSSR count). The fourth-order valence-corrected chi connectivity index (χ4v) is 11.4. The Labute approximate surface area is 340 Å². The molecule has 2 fully saturated rings. The van der Waals surface area contributed by atoms with E-state index >= 15 is 0 Å². The summed E-state index contributed by atoms with van der Waals surface area (Å²) in [4.78, 5) is 64.7. The molecule has 0 radical (unpaired) electrons. The van der Waals surface area contributed by atoms with Crippen molar-refractivity contribution in [2.75, 3.05) is 68.7 Å². The van der Waals surface area contributed by atoms with Gasteiger partial charge in [0.25, 0.3) is 0 Å². The maximum absolute atomic E-state index is 13.1. The van der Waals surface area contributed by atoms with E-state index in [0.717, 1.165) is 27.7 Å². The Kier molecular flexibility index (Phi) is 18.8. The second-order valence-corrected chi connectivity index (χ2v) is 19.2. The van der Waals surface area contributed by atoms with Crippen LogP contribution in [0, 0.1) is 0 Å². The number of piperazine rings is 2. The monoisotopic (exact) mass is 942 g/mol. The van der Waals surface area contributed by atoms with E-state index in [2.05, 4.69) is 37.6 Å². The van der Waals surface area contributed by atoms with Crippen molar-refractivity contribution >= 4 is 87.7 Å². The first-order valence-electron chi connectivity index (χ1n) is 16.3. The molecule has 2 aromatic carbocycles. The zero-order chi connectivity index (χ0) is 38.9. The number of aromatic nitrogens is 2. The zero-order valence-corrected chi connectivity index (χ0v) is 35.2. The van der Waals surface area contributed by atoms with Crippen LogP contribution >= 0.6 is 54.5 Å². The number of anilines is 2. The van der Waals surface area contributed by atoms with Crippen molar-refractivity contribution in [1.29, 1.82) is 0 Å². The fourth-order valence-electron chi connectivity index (χ4n) is 6.42. The molecule has 2 aliphatic heterocycles. The van der Waals surface area contributed by atoms with E-state index in [0.29, 0.717) is 74.5 Å². The number of phosphoric acid groups is 4. The minimum absolute atomic E-state index is 0. The number of fused-ring (bicyclic) bond motifs is 2. The van der Waals surface area contributed by atoms with Crippen LogP contribution in [0.5, 0.6) is 0 Å². The van der Waals surface area contributed by atoms with Gasteiger partial charge < -0.3 is 56.2 Å². The Morgan fingerprint density at radius 2 is 1.03 bits per heavy atom. The molecular formula is C29H44Cl2N6O17P4. The van der Waals surface area contributed by atoms with Crippen molar-refractivity contribution < 1.29 is 82.1 Å². The van der Waals surface area contributed by atoms with Gasteiger partial charge in [-0.25, -0.2) is 18.3 Å². The first-order chi connectivity index (χ1) is 25.4. The van der Waals surface area contributed by atoms with Gasteiger partial charge in [-0.3, -0.25) is 24.3 Å². The van der Waals surface area contributed by atoms with Crippen LogP contribution in [0.4, 0.5) is 11.4 Å². The molecule has 13 N–H and O–H groups in total. The van der Waals surface area contributed by atoms with E-state index in [1.54, 1.807) is 35.5 Å². The summed E-state index contributed by atoms with van der Waals surface area (Å²) in [6.07, 6.45) is 2.35. The Morgan fingerprint density at radius 3 is 1.50 bits per heavy atom. The Balaban J connectivity index is 0.00000290. The molecule has 58 heavy (non-hydrogen) atoms. The van der Waals surface area contributed by atoms with Crippen molar-refractivity contribution in [3.63, 3.8) is 0 Å². The second kappa shape index (κ2) is 21.0. The molecule has 4 unspecified atom stereocenters. The van der Waals surface area contributed by atoms with Crippen LogP contribution in [0.3, 0.4) is 0 Å². The first-order valence-corrected chi connectivity index (χ1v) is 23.0. The summed E-state index contributed by atoms with van der Waals surface area (Å²) in [6.45, 7) is 4.42. The minimum atomic E-state index is -5.99. The van der Waals surface area contributed by atoms with Crippen molar-refractivity contribution in [3.8, 4) is 0 Å². The van der Waals surface area contributed by atoms with Crippen LogP contribution in [0.25, 0.3) is 21.8 Å². The summed E-state index contributed by atoms with van der Waals surface area (Å²) in [5.74, 6) is 0. The lowest BCUT2D eigenvalue weighted by Gasteiger charge is -2.41. The zero-order valence-electron chi connectivity index (χ0n) is 30.2. The van der Waals surface area contributed by atoms with E-state index in [-0.39, 0.29) is 28.3 Å². The highest BCUT2D eigenvalue weighted by Crippen LogP contribution is 2.71. The Hall–Kier alpha value is -2.24. The summed E-state index contributed by atoms with van der Waals surface area (Å²) in [5.41, 5.74) is 3.39. The van der Waals surface area contributed by atoms with Gasteiger partial charge in [-0.1, -0.05) is 23.2 Å².